The van der Waals surface area contributed by atoms with Crippen molar-refractivity contribution < 1.29 is 14.2 Å². The highest BCUT2D eigenvalue weighted by Crippen LogP contribution is 2.46. The zero-order valence-corrected chi connectivity index (χ0v) is 18.5. The number of nitrogens with two attached hydrogens (primary N) is 1. The Morgan fingerprint density at radius 3 is 2.50 bits per heavy atom. The van der Waals surface area contributed by atoms with Crippen LogP contribution in [0.15, 0.2) is 90.3 Å². The van der Waals surface area contributed by atoms with Crippen LogP contribution in [0.3, 0.4) is 0 Å². The molecule has 168 valence electrons. The Hall–Kier alpha value is -4.70. The normalized spacial score (nSPS) is 14.6. The molecule has 1 atom stereocenters. The quantitative estimate of drug-likeness (QED) is 0.434. The fraction of sp³-hybridized carbons (Fsp3) is 0.111. The van der Waals surface area contributed by atoms with Crippen molar-refractivity contribution in [2.24, 2.45) is 5.73 Å². The van der Waals surface area contributed by atoms with Gasteiger partial charge in [0.25, 0.3) is 0 Å². The van der Waals surface area contributed by atoms with E-state index in [1.807, 2.05) is 78.9 Å². The molecule has 7 nitrogen and oxygen atoms in total. The lowest BCUT2D eigenvalue weighted by Gasteiger charge is -2.25. The molecule has 1 aliphatic rings. The van der Waals surface area contributed by atoms with E-state index in [4.69, 9.17) is 19.9 Å². The van der Waals surface area contributed by atoms with Crippen LogP contribution < -0.4 is 19.9 Å². The van der Waals surface area contributed by atoms with Gasteiger partial charge in [-0.2, -0.15) is 5.26 Å². The van der Waals surface area contributed by atoms with Crippen LogP contribution in [0.25, 0.3) is 11.3 Å². The van der Waals surface area contributed by atoms with E-state index in [2.05, 4.69) is 16.3 Å². The second-order valence-corrected chi connectivity index (χ2v) is 7.78. The second-order valence-electron chi connectivity index (χ2n) is 7.78. The van der Waals surface area contributed by atoms with E-state index in [1.165, 1.54) is 0 Å². The topological polar surface area (TPSA) is 106 Å². The summed E-state index contributed by atoms with van der Waals surface area (Å²) in [7, 11) is 1.62. The summed E-state index contributed by atoms with van der Waals surface area (Å²) in [5, 5.41) is 17.4. The van der Waals surface area contributed by atoms with Gasteiger partial charge in [0, 0.05) is 5.56 Å². The summed E-state index contributed by atoms with van der Waals surface area (Å²) in [5.74, 6) is 1.38. The van der Waals surface area contributed by atoms with E-state index in [-0.39, 0.29) is 5.88 Å². The van der Waals surface area contributed by atoms with E-state index in [0.717, 1.165) is 33.7 Å². The number of H-pyrrole nitrogens is 1. The highest BCUT2D eigenvalue weighted by Gasteiger charge is 2.35. The van der Waals surface area contributed by atoms with Crippen LogP contribution in [0.2, 0.25) is 0 Å². The van der Waals surface area contributed by atoms with Crippen LogP contribution in [-0.2, 0) is 6.61 Å². The number of fused-ring (bicyclic) bond motifs is 1. The third-order valence-electron chi connectivity index (χ3n) is 5.78. The lowest BCUT2D eigenvalue weighted by Crippen LogP contribution is -2.21. The van der Waals surface area contributed by atoms with Gasteiger partial charge in [0.1, 0.15) is 29.7 Å². The molecule has 7 heteroatoms. The molecule has 5 rings (SSSR count). The number of methoxy groups -OCH3 is 1. The molecule has 0 amide bonds. The summed E-state index contributed by atoms with van der Waals surface area (Å²) < 4.78 is 17.3. The van der Waals surface area contributed by atoms with Crippen molar-refractivity contribution in [2.75, 3.05) is 7.11 Å². The van der Waals surface area contributed by atoms with Gasteiger partial charge in [-0.25, -0.2) is 0 Å². The monoisotopic (exact) mass is 450 g/mol. The summed E-state index contributed by atoms with van der Waals surface area (Å²) in [5.41, 5.74) is 10.6. The zero-order chi connectivity index (χ0) is 23.5. The molecule has 3 N–H and O–H groups in total. The Morgan fingerprint density at radius 1 is 1.06 bits per heavy atom. The molecule has 34 heavy (non-hydrogen) atoms. The lowest BCUT2D eigenvalue weighted by atomic mass is 9.82. The van der Waals surface area contributed by atoms with Crippen molar-refractivity contribution in [3.63, 3.8) is 0 Å². The lowest BCUT2D eigenvalue weighted by molar-refractivity contribution is 0.296. The molecular formula is C27H22N4O3. The molecule has 0 aliphatic carbocycles. The van der Waals surface area contributed by atoms with E-state index in [9.17, 15) is 5.26 Å². The number of hydrogen-bond acceptors (Lipinski definition) is 6. The number of benzene rings is 3. The number of allylic oxidation sites excluding steroid dienone is 1. The third kappa shape index (κ3) is 3.82. The molecule has 0 spiro atoms. The van der Waals surface area contributed by atoms with Gasteiger partial charge in [-0.1, -0.05) is 54.6 Å². The number of nitrogens with one attached hydrogen (secondary N) is 1. The summed E-state index contributed by atoms with van der Waals surface area (Å²) in [6.07, 6.45) is 0. The fourth-order valence-electron chi connectivity index (χ4n) is 4.17. The Morgan fingerprint density at radius 2 is 1.79 bits per heavy atom. The molecular weight excluding hydrogens is 428 g/mol. The maximum atomic E-state index is 9.99. The predicted molar refractivity (Wildman–Crippen MR) is 127 cm³/mol. The predicted octanol–water partition coefficient (Wildman–Crippen LogP) is 4.88. The van der Waals surface area contributed by atoms with Gasteiger partial charge >= 0.3 is 0 Å². The third-order valence-corrected chi connectivity index (χ3v) is 5.78. The first-order valence-electron chi connectivity index (χ1n) is 10.8. The number of aromatic nitrogens is 2. The number of hydrogen-bond donors (Lipinski definition) is 2. The average Bonchev–Trinajstić information content (AvgIpc) is 3.31. The summed E-state index contributed by atoms with van der Waals surface area (Å²) in [4.78, 5) is 0. The highest BCUT2D eigenvalue weighted by molar-refractivity contribution is 5.71. The molecule has 2 heterocycles. The van der Waals surface area contributed by atoms with Gasteiger partial charge in [0.15, 0.2) is 0 Å². The molecule has 0 fully saturated rings. The van der Waals surface area contributed by atoms with Crippen LogP contribution >= 0.6 is 0 Å². The average molecular weight is 450 g/mol. The van der Waals surface area contributed by atoms with Gasteiger partial charge in [0.05, 0.1) is 24.3 Å². The largest absolute Gasteiger partial charge is 0.496 e. The minimum Gasteiger partial charge on any atom is -0.496 e. The van der Waals surface area contributed by atoms with E-state index >= 15 is 0 Å². The first kappa shape index (κ1) is 21.2. The van der Waals surface area contributed by atoms with Crippen LogP contribution in [-0.4, -0.2) is 17.3 Å². The minimum atomic E-state index is -0.468. The molecule has 0 bridgehead atoms. The summed E-state index contributed by atoms with van der Waals surface area (Å²) >= 11 is 0. The Kier molecular flexibility index (Phi) is 5.63. The van der Waals surface area contributed by atoms with Crippen LogP contribution in [0.4, 0.5) is 0 Å². The Balaban J connectivity index is 1.60. The fourth-order valence-corrected chi connectivity index (χ4v) is 4.17. The number of rotatable bonds is 6. The van der Waals surface area contributed by atoms with E-state index in [1.54, 1.807) is 7.11 Å². The molecule has 1 aromatic heterocycles. The van der Waals surface area contributed by atoms with Crippen LogP contribution in [0, 0.1) is 11.3 Å². The maximum Gasteiger partial charge on any atom is 0.244 e. The van der Waals surface area contributed by atoms with Crippen molar-refractivity contribution in [1.82, 2.24) is 10.2 Å². The van der Waals surface area contributed by atoms with Gasteiger partial charge in [-0.15, -0.1) is 5.10 Å². The smallest absolute Gasteiger partial charge is 0.244 e. The summed E-state index contributed by atoms with van der Waals surface area (Å²) in [6.45, 7) is 0.301. The van der Waals surface area contributed by atoms with Gasteiger partial charge in [0.2, 0.25) is 11.8 Å². The molecule has 4 aromatic rings. The van der Waals surface area contributed by atoms with Gasteiger partial charge in [-0.05, 0) is 35.4 Å². The molecule has 1 aliphatic heterocycles. The molecule has 3 aromatic carbocycles. The number of aromatic amines is 1. The molecule has 0 saturated heterocycles. The first-order valence-corrected chi connectivity index (χ1v) is 10.8. The number of para-hydroxylation sites is 1. The SMILES string of the molecule is COc1ccc(C2C(C#N)=C(N)Oc3n[nH]c(-c4ccccc4)c32)cc1COc1ccccc1. The summed E-state index contributed by atoms with van der Waals surface area (Å²) in [6, 6.07) is 27.4. The van der Waals surface area contributed by atoms with E-state index < -0.39 is 5.92 Å². The van der Waals surface area contributed by atoms with Crippen molar-refractivity contribution in [3.8, 4) is 34.7 Å². The number of nitrogens with zero attached hydrogens (tertiary/aromatic N) is 2. The van der Waals surface area contributed by atoms with Crippen LogP contribution in [0.5, 0.6) is 17.4 Å². The Labute approximate surface area is 197 Å². The standard InChI is InChI=1S/C27H22N4O3/c1-32-22-13-12-18(14-19(22)16-33-20-10-6-3-7-11-20)23-21(15-28)26(29)34-27-24(23)25(30-31-27)17-8-4-2-5-9-17/h2-14,23H,16,29H2,1H3,(H,30,31). The van der Waals surface area contributed by atoms with Crippen molar-refractivity contribution in [3.05, 3.63) is 107 Å². The molecule has 1 unspecified atom stereocenters. The number of ether oxygens (including phenoxy) is 3. The van der Waals surface area contributed by atoms with Crippen molar-refractivity contribution in [2.45, 2.75) is 12.5 Å². The van der Waals surface area contributed by atoms with Crippen molar-refractivity contribution >= 4 is 0 Å². The highest BCUT2D eigenvalue weighted by atomic mass is 16.5. The second kappa shape index (κ2) is 9.04. The van der Waals surface area contributed by atoms with Crippen LogP contribution in [0.1, 0.15) is 22.6 Å². The van der Waals surface area contributed by atoms with Gasteiger partial charge in [-0.3, -0.25) is 5.10 Å². The van der Waals surface area contributed by atoms with E-state index in [0.29, 0.717) is 23.8 Å². The van der Waals surface area contributed by atoms with Gasteiger partial charge < -0.3 is 19.9 Å². The molecule has 0 radical (unpaired) electrons. The maximum absolute atomic E-state index is 9.99. The zero-order valence-electron chi connectivity index (χ0n) is 18.5. The minimum absolute atomic E-state index is 0.0454. The number of nitriles is 1. The first-order chi connectivity index (χ1) is 16.7. The molecule has 0 saturated carbocycles. The Bertz CT molecular complexity index is 1390. The van der Waals surface area contributed by atoms with Crippen molar-refractivity contribution in [1.29, 1.82) is 5.26 Å².